The molecule has 8 heteroatoms. The zero-order chi connectivity index (χ0) is 26.5. The number of pyridine rings is 2. The molecule has 4 rings (SSSR count). The molecule has 1 aromatic carbocycles. The van der Waals surface area contributed by atoms with E-state index in [1.165, 1.54) is 13.3 Å². The Hall–Kier alpha value is -3.52. The van der Waals surface area contributed by atoms with Crippen molar-refractivity contribution in [3.05, 3.63) is 70.9 Å². The van der Waals surface area contributed by atoms with Crippen molar-refractivity contribution in [2.45, 2.75) is 52.7 Å². The number of carboxylic acid groups (broad SMARTS) is 1. The van der Waals surface area contributed by atoms with Crippen LogP contribution in [0.5, 0.6) is 11.6 Å². The standard InChI is InChI=1S/C29H34FN3O4/c1-5-33(6-2)17-25-21(22-15-28(36-4)31-16-23(22)30)10-11-24(32-25)26-12-9-20-8-7-19(14-27(20)37-26)13-18(3)29(34)35/h7-8,10-11,14-16,18,26H,5-6,9,12-13,17H2,1-4H3,(H,34,35)/t18-,26?/m0/s1. The van der Waals surface area contributed by atoms with Gasteiger partial charge < -0.3 is 14.6 Å². The number of ether oxygens (including phenoxy) is 2. The van der Waals surface area contributed by atoms with Gasteiger partial charge in [-0.1, -0.05) is 39.0 Å². The molecule has 1 N–H and O–H groups in total. The van der Waals surface area contributed by atoms with Crippen LogP contribution >= 0.6 is 0 Å². The fraction of sp³-hybridized carbons (Fsp3) is 0.414. The van der Waals surface area contributed by atoms with Crippen molar-refractivity contribution in [3.8, 4) is 22.8 Å². The van der Waals surface area contributed by atoms with Gasteiger partial charge in [-0.3, -0.25) is 14.7 Å². The molecule has 1 aliphatic heterocycles. The Bertz CT molecular complexity index is 1260. The maximum Gasteiger partial charge on any atom is 0.306 e. The lowest BCUT2D eigenvalue weighted by Gasteiger charge is -2.27. The third-order valence-electron chi connectivity index (χ3n) is 6.96. The number of aromatic nitrogens is 2. The number of aliphatic carboxylic acids is 1. The molecular formula is C29H34FN3O4. The van der Waals surface area contributed by atoms with Crippen LogP contribution in [-0.4, -0.2) is 46.1 Å². The van der Waals surface area contributed by atoms with E-state index in [4.69, 9.17) is 14.5 Å². The zero-order valence-corrected chi connectivity index (χ0v) is 21.8. The number of halogens is 1. The number of methoxy groups -OCH3 is 1. The number of carbonyl (C=O) groups is 1. The topological polar surface area (TPSA) is 84.8 Å². The Labute approximate surface area is 217 Å². The van der Waals surface area contributed by atoms with Gasteiger partial charge in [0.2, 0.25) is 5.88 Å². The van der Waals surface area contributed by atoms with Crippen LogP contribution in [0.1, 0.15) is 55.8 Å². The zero-order valence-electron chi connectivity index (χ0n) is 21.8. The van der Waals surface area contributed by atoms with E-state index in [0.29, 0.717) is 30.0 Å². The van der Waals surface area contributed by atoms with Crippen LogP contribution in [0.4, 0.5) is 4.39 Å². The first-order valence-corrected chi connectivity index (χ1v) is 12.8. The van der Waals surface area contributed by atoms with Gasteiger partial charge >= 0.3 is 5.97 Å². The molecule has 0 amide bonds. The molecule has 0 saturated heterocycles. The maximum atomic E-state index is 14.9. The molecule has 0 spiro atoms. The molecule has 0 fully saturated rings. The normalized spacial score (nSPS) is 15.7. The molecule has 0 aliphatic carbocycles. The fourth-order valence-corrected chi connectivity index (χ4v) is 4.65. The largest absolute Gasteiger partial charge is 0.484 e. The minimum atomic E-state index is -0.815. The summed E-state index contributed by atoms with van der Waals surface area (Å²) in [4.78, 5) is 22.5. The van der Waals surface area contributed by atoms with Gasteiger partial charge in [0.05, 0.1) is 30.6 Å². The lowest BCUT2D eigenvalue weighted by atomic mass is 9.95. The number of hydrogen-bond donors (Lipinski definition) is 1. The quantitative estimate of drug-likeness (QED) is 0.390. The van der Waals surface area contributed by atoms with Crippen molar-refractivity contribution in [2.24, 2.45) is 5.92 Å². The van der Waals surface area contributed by atoms with E-state index in [0.717, 1.165) is 54.2 Å². The van der Waals surface area contributed by atoms with E-state index in [1.54, 1.807) is 13.0 Å². The number of rotatable bonds is 10. The highest BCUT2D eigenvalue weighted by Gasteiger charge is 2.25. The highest BCUT2D eigenvalue weighted by Crippen LogP contribution is 2.37. The van der Waals surface area contributed by atoms with Gasteiger partial charge in [0.25, 0.3) is 0 Å². The average Bonchev–Trinajstić information content (AvgIpc) is 2.91. The van der Waals surface area contributed by atoms with Gasteiger partial charge in [-0.05, 0) is 55.6 Å². The van der Waals surface area contributed by atoms with Gasteiger partial charge in [-0.25, -0.2) is 9.37 Å². The third kappa shape index (κ3) is 6.07. The van der Waals surface area contributed by atoms with E-state index < -0.39 is 17.7 Å². The Kier molecular flexibility index (Phi) is 8.38. The predicted octanol–water partition coefficient (Wildman–Crippen LogP) is 5.46. The first-order chi connectivity index (χ1) is 17.8. The number of nitrogens with zero attached hydrogens (tertiary/aromatic N) is 3. The molecule has 196 valence electrons. The van der Waals surface area contributed by atoms with Gasteiger partial charge in [-0.2, -0.15) is 0 Å². The van der Waals surface area contributed by atoms with Crippen molar-refractivity contribution in [3.63, 3.8) is 0 Å². The van der Waals surface area contributed by atoms with E-state index in [1.807, 2.05) is 30.3 Å². The van der Waals surface area contributed by atoms with Crippen molar-refractivity contribution in [1.29, 1.82) is 0 Å². The molecule has 0 radical (unpaired) electrons. The molecule has 2 atom stereocenters. The number of benzene rings is 1. The molecule has 3 aromatic rings. The summed E-state index contributed by atoms with van der Waals surface area (Å²) in [5, 5.41) is 9.27. The molecule has 1 aliphatic rings. The summed E-state index contributed by atoms with van der Waals surface area (Å²) in [5.41, 5.74) is 4.71. The Balaban J connectivity index is 1.67. The number of fused-ring (bicyclic) bond motifs is 1. The van der Waals surface area contributed by atoms with E-state index in [2.05, 4.69) is 23.7 Å². The van der Waals surface area contributed by atoms with E-state index >= 15 is 0 Å². The first kappa shape index (κ1) is 26.5. The average molecular weight is 508 g/mol. The fourth-order valence-electron chi connectivity index (χ4n) is 4.65. The Morgan fingerprint density at radius 2 is 2.00 bits per heavy atom. The smallest absolute Gasteiger partial charge is 0.306 e. The molecule has 3 heterocycles. The van der Waals surface area contributed by atoms with Gasteiger partial charge in [0, 0.05) is 23.7 Å². The molecule has 1 unspecified atom stereocenters. The summed E-state index contributed by atoms with van der Waals surface area (Å²) in [6.07, 6.45) is 2.97. The summed E-state index contributed by atoms with van der Waals surface area (Å²) in [5.74, 6) is -0.602. The van der Waals surface area contributed by atoms with Gasteiger partial charge in [-0.15, -0.1) is 0 Å². The van der Waals surface area contributed by atoms with Crippen molar-refractivity contribution in [1.82, 2.24) is 14.9 Å². The summed E-state index contributed by atoms with van der Waals surface area (Å²) >= 11 is 0. The monoisotopic (exact) mass is 507 g/mol. The van der Waals surface area contributed by atoms with Gasteiger partial charge in [0.1, 0.15) is 17.7 Å². The van der Waals surface area contributed by atoms with Crippen molar-refractivity contribution < 1.29 is 23.8 Å². The number of aryl methyl sites for hydroxylation is 1. The molecule has 2 aromatic heterocycles. The summed E-state index contributed by atoms with van der Waals surface area (Å²) < 4.78 is 26.5. The Morgan fingerprint density at radius 1 is 1.22 bits per heavy atom. The molecule has 7 nitrogen and oxygen atoms in total. The predicted molar refractivity (Wildman–Crippen MR) is 139 cm³/mol. The van der Waals surface area contributed by atoms with Crippen LogP contribution in [0.25, 0.3) is 11.1 Å². The van der Waals surface area contributed by atoms with Crippen LogP contribution in [-0.2, 0) is 24.2 Å². The lowest BCUT2D eigenvalue weighted by molar-refractivity contribution is -0.141. The molecule has 0 bridgehead atoms. The SMILES string of the molecule is CCN(CC)Cc1nc(C2CCc3ccc(C[C@H](C)C(=O)O)cc3O2)ccc1-c1cc(OC)ncc1F. The second-order valence-corrected chi connectivity index (χ2v) is 9.43. The lowest BCUT2D eigenvalue weighted by Crippen LogP contribution is -2.24. The van der Waals surface area contributed by atoms with Crippen LogP contribution in [0.15, 0.2) is 42.6 Å². The van der Waals surface area contributed by atoms with E-state index in [-0.39, 0.29) is 6.10 Å². The van der Waals surface area contributed by atoms with Crippen molar-refractivity contribution >= 4 is 5.97 Å². The van der Waals surface area contributed by atoms with Crippen LogP contribution in [0, 0.1) is 11.7 Å². The van der Waals surface area contributed by atoms with Gasteiger partial charge in [0.15, 0.2) is 0 Å². The van der Waals surface area contributed by atoms with Crippen LogP contribution < -0.4 is 9.47 Å². The van der Waals surface area contributed by atoms with Crippen LogP contribution in [0.3, 0.4) is 0 Å². The maximum absolute atomic E-state index is 14.9. The summed E-state index contributed by atoms with van der Waals surface area (Å²) in [6.45, 7) is 8.14. The second-order valence-electron chi connectivity index (χ2n) is 9.43. The third-order valence-corrected chi connectivity index (χ3v) is 6.96. The molecule has 0 saturated carbocycles. The second kappa shape index (κ2) is 11.7. The number of carboxylic acids is 1. The number of hydrogen-bond acceptors (Lipinski definition) is 6. The highest BCUT2D eigenvalue weighted by atomic mass is 19.1. The first-order valence-electron chi connectivity index (χ1n) is 12.8. The minimum Gasteiger partial charge on any atom is -0.484 e. The van der Waals surface area contributed by atoms with Crippen molar-refractivity contribution in [2.75, 3.05) is 20.2 Å². The molecule has 37 heavy (non-hydrogen) atoms. The molecular weight excluding hydrogens is 473 g/mol. The summed E-state index contributed by atoms with van der Waals surface area (Å²) in [6, 6.07) is 11.4. The Morgan fingerprint density at radius 3 is 2.70 bits per heavy atom. The minimum absolute atomic E-state index is 0.249. The summed E-state index contributed by atoms with van der Waals surface area (Å²) in [7, 11) is 1.51. The highest BCUT2D eigenvalue weighted by molar-refractivity contribution is 5.70. The van der Waals surface area contributed by atoms with Crippen LogP contribution in [0.2, 0.25) is 0 Å². The van der Waals surface area contributed by atoms with E-state index in [9.17, 15) is 14.3 Å².